The largest absolute Gasteiger partial charge is 0.350 e. The third kappa shape index (κ3) is 5.74. The number of urea groups is 1. The van der Waals surface area contributed by atoms with Crippen LogP contribution in [0.5, 0.6) is 0 Å². The van der Waals surface area contributed by atoms with Crippen molar-refractivity contribution in [3.8, 4) is 0 Å². The van der Waals surface area contributed by atoms with Crippen molar-refractivity contribution in [1.29, 1.82) is 0 Å². The molecule has 0 aliphatic heterocycles. The quantitative estimate of drug-likeness (QED) is 0.775. The Bertz CT molecular complexity index is 575. The Morgan fingerprint density at radius 3 is 2.46 bits per heavy atom. The Labute approximate surface area is 147 Å². The molecule has 3 amide bonds. The zero-order valence-electron chi connectivity index (χ0n) is 14.8. The fourth-order valence-corrected chi connectivity index (χ4v) is 3.58. The molecule has 1 saturated carbocycles. The minimum absolute atomic E-state index is 0.224. The van der Waals surface area contributed by atoms with Gasteiger partial charge in [-0.15, -0.1) is 10.2 Å². The zero-order chi connectivity index (χ0) is 17.7. The van der Waals surface area contributed by atoms with Crippen LogP contribution in [0.15, 0.2) is 0 Å². The molecule has 7 nitrogen and oxygen atoms in total. The zero-order valence-corrected chi connectivity index (χ0v) is 15.6. The van der Waals surface area contributed by atoms with Crippen molar-refractivity contribution in [3.63, 3.8) is 0 Å². The molecule has 1 heterocycles. The third-order valence-electron chi connectivity index (χ3n) is 3.85. The normalized spacial score (nSPS) is 17.2. The molecule has 1 fully saturated rings. The van der Waals surface area contributed by atoms with Crippen LogP contribution in [0, 0.1) is 0 Å². The number of anilines is 1. The van der Waals surface area contributed by atoms with Crippen molar-refractivity contribution in [2.75, 3.05) is 5.32 Å². The minimum atomic E-state index is -0.630. The molecule has 3 N–H and O–H groups in total. The SMILES string of the molecule is C[C@H](NC(=O)Nc1nnc(C2CCCCC2)s1)C(=O)NC(C)(C)C. The monoisotopic (exact) mass is 353 g/mol. The van der Waals surface area contributed by atoms with Crippen molar-refractivity contribution in [1.82, 2.24) is 20.8 Å². The van der Waals surface area contributed by atoms with E-state index in [0.717, 1.165) is 17.8 Å². The Hall–Kier alpha value is -1.70. The lowest BCUT2D eigenvalue weighted by molar-refractivity contribution is -0.123. The van der Waals surface area contributed by atoms with Gasteiger partial charge in [-0.05, 0) is 40.5 Å². The highest BCUT2D eigenvalue weighted by Crippen LogP contribution is 2.35. The van der Waals surface area contributed by atoms with Crippen molar-refractivity contribution >= 4 is 28.4 Å². The van der Waals surface area contributed by atoms with Gasteiger partial charge in [0.15, 0.2) is 0 Å². The molecule has 0 unspecified atom stereocenters. The number of aromatic nitrogens is 2. The van der Waals surface area contributed by atoms with Crippen LogP contribution < -0.4 is 16.0 Å². The van der Waals surface area contributed by atoms with Crippen LogP contribution >= 0.6 is 11.3 Å². The van der Waals surface area contributed by atoms with Crippen molar-refractivity contribution in [2.45, 2.75) is 77.3 Å². The number of rotatable bonds is 4. The average molecular weight is 353 g/mol. The molecule has 0 radical (unpaired) electrons. The maximum atomic E-state index is 12.0. The van der Waals surface area contributed by atoms with Gasteiger partial charge in [0.2, 0.25) is 11.0 Å². The van der Waals surface area contributed by atoms with Gasteiger partial charge in [0, 0.05) is 11.5 Å². The van der Waals surface area contributed by atoms with Crippen LogP contribution in [0.25, 0.3) is 0 Å². The predicted octanol–water partition coefficient (Wildman–Crippen LogP) is 3.01. The number of hydrogen-bond acceptors (Lipinski definition) is 5. The molecule has 0 spiro atoms. The van der Waals surface area contributed by atoms with Crippen LogP contribution in [-0.4, -0.2) is 33.7 Å². The number of amides is 3. The summed E-state index contributed by atoms with van der Waals surface area (Å²) in [7, 11) is 0. The van der Waals surface area contributed by atoms with E-state index in [1.54, 1.807) is 6.92 Å². The summed E-state index contributed by atoms with van der Waals surface area (Å²) in [6.45, 7) is 7.33. The first-order valence-corrected chi connectivity index (χ1v) is 9.29. The Balaban J connectivity index is 1.84. The van der Waals surface area contributed by atoms with E-state index >= 15 is 0 Å². The Morgan fingerprint density at radius 1 is 1.17 bits per heavy atom. The fourth-order valence-electron chi connectivity index (χ4n) is 2.67. The molecular formula is C16H27N5O2S. The van der Waals surface area contributed by atoms with E-state index in [1.165, 1.54) is 30.6 Å². The molecule has 1 aromatic rings. The van der Waals surface area contributed by atoms with E-state index in [4.69, 9.17) is 0 Å². The minimum Gasteiger partial charge on any atom is -0.350 e. The first-order valence-electron chi connectivity index (χ1n) is 8.47. The van der Waals surface area contributed by atoms with Crippen molar-refractivity contribution < 1.29 is 9.59 Å². The predicted molar refractivity (Wildman–Crippen MR) is 95.2 cm³/mol. The van der Waals surface area contributed by atoms with Crippen molar-refractivity contribution in [3.05, 3.63) is 5.01 Å². The maximum Gasteiger partial charge on any atom is 0.321 e. The molecule has 0 aromatic carbocycles. The molecule has 1 aromatic heterocycles. The average Bonchev–Trinajstić information content (AvgIpc) is 2.94. The molecule has 1 aliphatic rings. The summed E-state index contributed by atoms with van der Waals surface area (Å²) >= 11 is 1.42. The van der Waals surface area contributed by atoms with Crippen molar-refractivity contribution in [2.24, 2.45) is 0 Å². The second kappa shape index (κ2) is 7.92. The summed E-state index contributed by atoms with van der Waals surface area (Å²) in [5, 5.41) is 17.8. The van der Waals surface area contributed by atoms with Gasteiger partial charge in [-0.1, -0.05) is 30.6 Å². The van der Waals surface area contributed by atoms with E-state index in [1.807, 2.05) is 20.8 Å². The highest BCUT2D eigenvalue weighted by Gasteiger charge is 2.22. The summed E-state index contributed by atoms with van der Waals surface area (Å²) in [5.41, 5.74) is -0.336. The molecule has 0 saturated heterocycles. The van der Waals surface area contributed by atoms with Crippen LogP contribution in [0.4, 0.5) is 9.93 Å². The molecule has 1 aliphatic carbocycles. The standard InChI is InChI=1S/C16H27N5O2S/c1-10(12(22)19-16(2,3)4)17-14(23)18-15-21-20-13(24-15)11-8-6-5-7-9-11/h10-11H,5-9H2,1-4H3,(H,19,22)(H2,17,18,21,23)/t10-/m0/s1. The van der Waals surface area contributed by atoms with Crippen LogP contribution in [-0.2, 0) is 4.79 Å². The number of nitrogens with zero attached hydrogens (tertiary/aromatic N) is 2. The third-order valence-corrected chi connectivity index (χ3v) is 4.86. The van der Waals surface area contributed by atoms with Crippen LogP contribution in [0.2, 0.25) is 0 Å². The number of hydrogen-bond donors (Lipinski definition) is 3. The molecule has 8 heteroatoms. The second-order valence-electron chi connectivity index (χ2n) is 7.34. The van der Waals surface area contributed by atoms with Gasteiger partial charge < -0.3 is 10.6 Å². The second-order valence-corrected chi connectivity index (χ2v) is 8.35. The van der Waals surface area contributed by atoms with Gasteiger partial charge in [-0.2, -0.15) is 0 Å². The molecule has 0 bridgehead atoms. The molecule has 1 atom stereocenters. The number of carbonyl (C=O) groups is 2. The van der Waals surface area contributed by atoms with Gasteiger partial charge in [-0.25, -0.2) is 4.79 Å². The van der Waals surface area contributed by atoms with Gasteiger partial charge in [-0.3, -0.25) is 10.1 Å². The number of nitrogens with one attached hydrogen (secondary N) is 3. The smallest absolute Gasteiger partial charge is 0.321 e. The molecule has 2 rings (SSSR count). The highest BCUT2D eigenvalue weighted by atomic mass is 32.1. The molecular weight excluding hydrogens is 326 g/mol. The van der Waals surface area contributed by atoms with Crippen LogP contribution in [0.3, 0.4) is 0 Å². The number of carbonyl (C=O) groups excluding carboxylic acids is 2. The first-order chi connectivity index (χ1) is 11.2. The summed E-state index contributed by atoms with van der Waals surface area (Å²) in [4.78, 5) is 24.0. The van der Waals surface area contributed by atoms with E-state index in [2.05, 4.69) is 26.1 Å². The lowest BCUT2D eigenvalue weighted by Gasteiger charge is -2.23. The lowest BCUT2D eigenvalue weighted by Crippen LogP contribution is -2.51. The summed E-state index contributed by atoms with van der Waals surface area (Å²) in [5.74, 6) is 0.240. The Morgan fingerprint density at radius 2 is 1.83 bits per heavy atom. The highest BCUT2D eigenvalue weighted by molar-refractivity contribution is 7.15. The molecule has 24 heavy (non-hydrogen) atoms. The Kier molecular flexibility index (Phi) is 6.15. The summed E-state index contributed by atoms with van der Waals surface area (Å²) in [6, 6.07) is -1.08. The fraction of sp³-hybridized carbons (Fsp3) is 0.750. The van der Waals surface area contributed by atoms with Gasteiger partial charge in [0.25, 0.3) is 0 Å². The van der Waals surface area contributed by atoms with E-state index in [9.17, 15) is 9.59 Å². The summed E-state index contributed by atoms with van der Waals surface area (Å²) in [6.07, 6.45) is 6.04. The van der Waals surface area contributed by atoms with Gasteiger partial charge in [0.1, 0.15) is 11.0 Å². The van der Waals surface area contributed by atoms with Gasteiger partial charge >= 0.3 is 6.03 Å². The lowest BCUT2D eigenvalue weighted by atomic mass is 9.90. The summed E-state index contributed by atoms with van der Waals surface area (Å²) < 4.78 is 0. The van der Waals surface area contributed by atoms with E-state index in [-0.39, 0.29) is 11.4 Å². The van der Waals surface area contributed by atoms with E-state index < -0.39 is 12.1 Å². The van der Waals surface area contributed by atoms with Crippen LogP contribution in [0.1, 0.15) is 70.7 Å². The maximum absolute atomic E-state index is 12.0. The molecule has 134 valence electrons. The first kappa shape index (κ1) is 18.6. The van der Waals surface area contributed by atoms with Gasteiger partial charge in [0.05, 0.1) is 0 Å². The topological polar surface area (TPSA) is 96.0 Å². The van der Waals surface area contributed by atoms with E-state index in [0.29, 0.717) is 11.0 Å².